The maximum atomic E-state index is 12.7. The molecule has 112 valence electrons. The summed E-state index contributed by atoms with van der Waals surface area (Å²) >= 11 is 11.9. The van der Waals surface area contributed by atoms with E-state index in [0.29, 0.717) is 17.9 Å². The molecule has 1 aromatic carbocycles. The van der Waals surface area contributed by atoms with Crippen LogP contribution < -0.4 is 10.2 Å². The molecule has 0 radical (unpaired) electrons. The summed E-state index contributed by atoms with van der Waals surface area (Å²) in [6.45, 7) is 3.47. The number of carbonyl (C=O) groups is 3. The van der Waals surface area contributed by atoms with E-state index in [4.69, 9.17) is 23.2 Å². The van der Waals surface area contributed by atoms with Crippen LogP contribution in [0.1, 0.15) is 26.7 Å². The van der Waals surface area contributed by atoms with Crippen molar-refractivity contribution in [1.29, 1.82) is 0 Å². The van der Waals surface area contributed by atoms with Crippen molar-refractivity contribution in [3.05, 3.63) is 28.2 Å². The van der Waals surface area contributed by atoms with Gasteiger partial charge in [-0.25, -0.2) is 9.69 Å². The Morgan fingerprint density at radius 3 is 2.29 bits per heavy atom. The van der Waals surface area contributed by atoms with Gasteiger partial charge in [0.2, 0.25) is 5.91 Å². The van der Waals surface area contributed by atoms with Gasteiger partial charge in [-0.2, -0.15) is 0 Å². The lowest BCUT2D eigenvalue weighted by Crippen LogP contribution is -2.64. The number of urea groups is 1. The number of halogens is 2. The minimum Gasteiger partial charge on any atom is -0.276 e. The molecule has 0 bridgehead atoms. The Labute approximate surface area is 132 Å². The first-order valence-electron chi connectivity index (χ1n) is 6.52. The Morgan fingerprint density at radius 2 is 1.76 bits per heavy atom. The molecule has 0 unspecified atom stereocenters. The minimum atomic E-state index is -1.25. The highest BCUT2D eigenvalue weighted by Crippen LogP contribution is 2.37. The van der Waals surface area contributed by atoms with Gasteiger partial charge in [-0.3, -0.25) is 14.9 Å². The fourth-order valence-corrected chi connectivity index (χ4v) is 2.92. The van der Waals surface area contributed by atoms with Gasteiger partial charge in [0.05, 0.1) is 10.7 Å². The summed E-state index contributed by atoms with van der Waals surface area (Å²) in [5.74, 6) is -1.13. The standard InChI is InChI=1S/C14H14Cl2N2O3/c1-3-14(4-2)11(19)17-13(21)18(12(14)20)10-6-5-8(15)7-9(10)16/h5-7H,3-4H2,1-2H3,(H,17,19,21). The van der Waals surface area contributed by atoms with Crippen molar-refractivity contribution in [2.45, 2.75) is 26.7 Å². The SMILES string of the molecule is CCC1(CC)C(=O)NC(=O)N(c2ccc(Cl)cc2Cl)C1=O. The molecule has 1 saturated heterocycles. The van der Waals surface area contributed by atoms with Gasteiger partial charge in [0.15, 0.2) is 0 Å². The van der Waals surface area contributed by atoms with Gasteiger partial charge in [0.1, 0.15) is 5.41 Å². The van der Waals surface area contributed by atoms with E-state index >= 15 is 0 Å². The summed E-state index contributed by atoms with van der Waals surface area (Å²) in [7, 11) is 0. The molecule has 21 heavy (non-hydrogen) atoms. The number of amides is 4. The first kappa shape index (κ1) is 15.8. The summed E-state index contributed by atoms with van der Waals surface area (Å²) in [6, 6.07) is 3.65. The third-order valence-electron chi connectivity index (χ3n) is 3.83. The van der Waals surface area contributed by atoms with Crippen molar-refractivity contribution in [2.75, 3.05) is 4.90 Å². The molecule has 0 saturated carbocycles. The smallest absolute Gasteiger partial charge is 0.276 e. The van der Waals surface area contributed by atoms with Crippen LogP contribution in [0.15, 0.2) is 18.2 Å². The van der Waals surface area contributed by atoms with E-state index in [9.17, 15) is 14.4 Å². The van der Waals surface area contributed by atoms with Crippen molar-refractivity contribution in [3.63, 3.8) is 0 Å². The molecular weight excluding hydrogens is 315 g/mol. The zero-order valence-electron chi connectivity index (χ0n) is 11.6. The van der Waals surface area contributed by atoms with Gasteiger partial charge in [0.25, 0.3) is 5.91 Å². The highest BCUT2D eigenvalue weighted by molar-refractivity contribution is 6.39. The van der Waals surface area contributed by atoms with Gasteiger partial charge in [0, 0.05) is 5.02 Å². The van der Waals surface area contributed by atoms with Gasteiger partial charge in [-0.05, 0) is 31.0 Å². The van der Waals surface area contributed by atoms with E-state index in [0.717, 1.165) is 4.90 Å². The molecule has 1 heterocycles. The zero-order valence-corrected chi connectivity index (χ0v) is 13.1. The van der Waals surface area contributed by atoms with Crippen molar-refractivity contribution < 1.29 is 14.4 Å². The van der Waals surface area contributed by atoms with Crippen LogP contribution in [0, 0.1) is 5.41 Å². The Morgan fingerprint density at radius 1 is 1.14 bits per heavy atom. The van der Waals surface area contributed by atoms with Gasteiger partial charge in [-0.15, -0.1) is 0 Å². The third kappa shape index (κ3) is 2.40. The third-order valence-corrected chi connectivity index (χ3v) is 4.37. The molecule has 0 aromatic heterocycles. The predicted octanol–water partition coefficient (Wildman–Crippen LogP) is 3.38. The topological polar surface area (TPSA) is 66.5 Å². The van der Waals surface area contributed by atoms with Crippen LogP contribution in [0.2, 0.25) is 10.0 Å². The fourth-order valence-electron chi connectivity index (χ4n) is 2.43. The van der Waals surface area contributed by atoms with Crippen LogP contribution in [-0.2, 0) is 9.59 Å². The monoisotopic (exact) mass is 328 g/mol. The number of nitrogens with one attached hydrogen (secondary N) is 1. The number of carbonyl (C=O) groups excluding carboxylic acids is 3. The second-order valence-electron chi connectivity index (χ2n) is 4.78. The maximum Gasteiger partial charge on any atom is 0.335 e. The summed E-state index contributed by atoms with van der Waals surface area (Å²) < 4.78 is 0. The largest absolute Gasteiger partial charge is 0.335 e. The summed E-state index contributed by atoms with van der Waals surface area (Å²) in [5, 5.41) is 2.79. The van der Waals surface area contributed by atoms with E-state index < -0.39 is 23.3 Å². The van der Waals surface area contributed by atoms with E-state index in [1.807, 2.05) is 0 Å². The molecule has 2 rings (SSSR count). The number of hydrogen-bond acceptors (Lipinski definition) is 3. The molecule has 4 amide bonds. The van der Waals surface area contributed by atoms with E-state index in [1.54, 1.807) is 13.8 Å². The molecule has 1 aliphatic heterocycles. The normalized spacial score (nSPS) is 17.9. The molecule has 1 N–H and O–H groups in total. The van der Waals surface area contributed by atoms with Crippen molar-refractivity contribution >= 4 is 46.7 Å². The molecule has 1 aliphatic rings. The number of anilines is 1. The summed E-state index contributed by atoms with van der Waals surface area (Å²) in [6.07, 6.45) is 0.590. The van der Waals surface area contributed by atoms with Crippen molar-refractivity contribution in [3.8, 4) is 0 Å². The number of barbiturate groups is 1. The van der Waals surface area contributed by atoms with E-state index in [-0.39, 0.29) is 10.7 Å². The summed E-state index contributed by atoms with van der Waals surface area (Å²) in [4.78, 5) is 37.8. The average molecular weight is 329 g/mol. The lowest BCUT2D eigenvalue weighted by atomic mass is 9.78. The molecule has 1 aromatic rings. The van der Waals surface area contributed by atoms with E-state index in [2.05, 4.69) is 5.32 Å². The second-order valence-corrected chi connectivity index (χ2v) is 5.63. The quantitative estimate of drug-likeness (QED) is 0.865. The van der Waals surface area contributed by atoms with Crippen LogP contribution in [0.25, 0.3) is 0 Å². The first-order valence-corrected chi connectivity index (χ1v) is 7.28. The zero-order chi connectivity index (χ0) is 15.8. The van der Waals surface area contributed by atoms with Gasteiger partial charge >= 0.3 is 6.03 Å². The highest BCUT2D eigenvalue weighted by Gasteiger charge is 2.52. The number of imide groups is 2. The van der Waals surface area contributed by atoms with Crippen LogP contribution in [0.5, 0.6) is 0 Å². The molecule has 5 nitrogen and oxygen atoms in total. The number of rotatable bonds is 3. The Hall–Kier alpha value is -1.59. The van der Waals surface area contributed by atoms with Crippen LogP contribution in [-0.4, -0.2) is 17.8 Å². The van der Waals surface area contributed by atoms with Crippen LogP contribution >= 0.6 is 23.2 Å². The average Bonchev–Trinajstić information content (AvgIpc) is 2.42. The second kappa shape index (κ2) is 5.66. The lowest BCUT2D eigenvalue weighted by molar-refractivity contribution is -0.143. The Bertz CT molecular complexity index is 627. The first-order chi connectivity index (χ1) is 9.87. The van der Waals surface area contributed by atoms with Gasteiger partial charge in [-0.1, -0.05) is 37.0 Å². The van der Waals surface area contributed by atoms with Crippen molar-refractivity contribution in [1.82, 2.24) is 5.32 Å². The van der Waals surface area contributed by atoms with Gasteiger partial charge < -0.3 is 0 Å². The lowest BCUT2D eigenvalue weighted by Gasteiger charge is -2.38. The number of benzene rings is 1. The number of nitrogens with zero attached hydrogens (tertiary/aromatic N) is 1. The summed E-state index contributed by atoms with van der Waals surface area (Å²) in [5.41, 5.74) is -1.04. The van der Waals surface area contributed by atoms with E-state index in [1.165, 1.54) is 18.2 Å². The fraction of sp³-hybridized carbons (Fsp3) is 0.357. The Kier molecular flexibility index (Phi) is 4.25. The van der Waals surface area contributed by atoms with Crippen LogP contribution in [0.3, 0.4) is 0 Å². The number of hydrogen-bond donors (Lipinski definition) is 1. The predicted molar refractivity (Wildman–Crippen MR) is 80.5 cm³/mol. The minimum absolute atomic E-state index is 0.168. The molecule has 1 fully saturated rings. The molecule has 0 atom stereocenters. The van der Waals surface area contributed by atoms with Crippen LogP contribution in [0.4, 0.5) is 10.5 Å². The molecular formula is C14H14Cl2N2O3. The maximum absolute atomic E-state index is 12.7. The molecule has 0 aliphatic carbocycles. The highest BCUT2D eigenvalue weighted by atomic mass is 35.5. The van der Waals surface area contributed by atoms with Crippen molar-refractivity contribution in [2.24, 2.45) is 5.41 Å². The molecule has 0 spiro atoms. The Balaban J connectivity index is 2.54. The molecule has 7 heteroatoms.